The predicted molar refractivity (Wildman–Crippen MR) is 56.1 cm³/mol. The molecule has 16 heavy (non-hydrogen) atoms. The maximum absolute atomic E-state index is 12.3. The van der Waals surface area contributed by atoms with Crippen molar-refractivity contribution in [3.8, 4) is 0 Å². The molecule has 0 radical (unpaired) electrons. The van der Waals surface area contributed by atoms with Crippen molar-refractivity contribution in [3.63, 3.8) is 0 Å². The molecule has 1 rings (SSSR count). The van der Waals surface area contributed by atoms with Gasteiger partial charge in [0.1, 0.15) is 0 Å². The lowest BCUT2D eigenvalue weighted by Crippen LogP contribution is -2.42. The molecule has 1 fully saturated rings. The summed E-state index contributed by atoms with van der Waals surface area (Å²) in [5.41, 5.74) is 0. The number of hydrogen-bond acceptors (Lipinski definition) is 2. The first kappa shape index (κ1) is 13.8. The molecule has 1 saturated carbocycles. The first-order chi connectivity index (χ1) is 7.40. The van der Waals surface area contributed by atoms with Crippen LogP contribution in [-0.2, 0) is 0 Å². The van der Waals surface area contributed by atoms with Gasteiger partial charge >= 0.3 is 6.18 Å². The Labute approximate surface area is 94.4 Å². The van der Waals surface area contributed by atoms with Crippen molar-refractivity contribution >= 4 is 0 Å². The Morgan fingerprint density at radius 1 is 1.38 bits per heavy atom. The number of halogens is 3. The van der Waals surface area contributed by atoms with Crippen LogP contribution in [0.1, 0.15) is 32.6 Å². The van der Waals surface area contributed by atoms with Crippen molar-refractivity contribution < 1.29 is 18.3 Å². The molecule has 96 valence electrons. The van der Waals surface area contributed by atoms with Crippen LogP contribution < -0.4 is 0 Å². The molecular weight excluding hydrogens is 219 g/mol. The average molecular weight is 239 g/mol. The normalized spacial score (nSPS) is 19.9. The number of alkyl halides is 3. The number of aliphatic hydroxyl groups excluding tert-OH is 1. The summed E-state index contributed by atoms with van der Waals surface area (Å²) in [5, 5.41) is 9.42. The first-order valence-electron chi connectivity index (χ1n) is 5.88. The molecule has 0 aromatic rings. The molecule has 2 nitrogen and oxygen atoms in total. The van der Waals surface area contributed by atoms with Crippen LogP contribution in [0, 0.1) is 5.92 Å². The van der Waals surface area contributed by atoms with E-state index in [1.54, 1.807) is 6.92 Å². The van der Waals surface area contributed by atoms with Crippen molar-refractivity contribution in [2.45, 2.75) is 44.9 Å². The summed E-state index contributed by atoms with van der Waals surface area (Å²) in [4.78, 5) is 1.35. The monoisotopic (exact) mass is 239 g/mol. The summed E-state index contributed by atoms with van der Waals surface area (Å²) >= 11 is 0. The minimum atomic E-state index is -4.17. The topological polar surface area (TPSA) is 23.5 Å². The van der Waals surface area contributed by atoms with E-state index in [0.29, 0.717) is 18.9 Å². The summed E-state index contributed by atoms with van der Waals surface area (Å²) in [5.74, 6) is 0.395. The van der Waals surface area contributed by atoms with Gasteiger partial charge in [-0.15, -0.1) is 0 Å². The zero-order chi connectivity index (χ0) is 12.2. The van der Waals surface area contributed by atoms with Gasteiger partial charge in [-0.2, -0.15) is 13.2 Å². The molecule has 0 spiro atoms. The van der Waals surface area contributed by atoms with Crippen molar-refractivity contribution in [3.05, 3.63) is 0 Å². The minimum Gasteiger partial charge on any atom is -0.392 e. The third-order valence-corrected chi connectivity index (χ3v) is 3.08. The van der Waals surface area contributed by atoms with E-state index in [9.17, 15) is 18.3 Å². The fourth-order valence-corrected chi connectivity index (χ4v) is 1.92. The second-order valence-electron chi connectivity index (χ2n) is 4.67. The molecule has 0 aromatic heterocycles. The second-order valence-corrected chi connectivity index (χ2v) is 4.67. The zero-order valence-corrected chi connectivity index (χ0v) is 9.63. The van der Waals surface area contributed by atoms with Gasteiger partial charge in [-0.05, 0) is 25.2 Å². The molecule has 0 aliphatic heterocycles. The van der Waals surface area contributed by atoms with Gasteiger partial charge in [-0.3, -0.25) is 4.90 Å². The average Bonchev–Trinajstić information content (AvgIpc) is 2.08. The van der Waals surface area contributed by atoms with Crippen LogP contribution in [0.2, 0.25) is 0 Å². The number of hydrogen-bond donors (Lipinski definition) is 1. The maximum atomic E-state index is 12.3. The highest BCUT2D eigenvalue weighted by Gasteiger charge is 2.33. The molecular formula is C11H20F3NO. The SMILES string of the molecule is CC[C@@H](O)CN(CC1CCC1)CC(F)(F)F. The van der Waals surface area contributed by atoms with Crippen LogP contribution in [0.3, 0.4) is 0 Å². The zero-order valence-electron chi connectivity index (χ0n) is 9.63. The van der Waals surface area contributed by atoms with Gasteiger partial charge < -0.3 is 5.11 Å². The molecule has 1 aliphatic rings. The Bertz CT molecular complexity index is 197. The van der Waals surface area contributed by atoms with Crippen LogP contribution >= 0.6 is 0 Å². The highest BCUT2D eigenvalue weighted by Crippen LogP contribution is 2.28. The molecule has 0 saturated heterocycles. The van der Waals surface area contributed by atoms with Crippen LogP contribution in [0.5, 0.6) is 0 Å². The smallest absolute Gasteiger partial charge is 0.392 e. The number of aliphatic hydroxyl groups is 1. The van der Waals surface area contributed by atoms with Gasteiger partial charge in [0, 0.05) is 13.1 Å². The van der Waals surface area contributed by atoms with Crippen molar-refractivity contribution in [1.29, 1.82) is 0 Å². The minimum absolute atomic E-state index is 0.131. The lowest BCUT2D eigenvalue weighted by molar-refractivity contribution is -0.150. The Balaban J connectivity index is 2.39. The van der Waals surface area contributed by atoms with Crippen LogP contribution in [0.4, 0.5) is 13.2 Å². The summed E-state index contributed by atoms with van der Waals surface area (Å²) in [6, 6.07) is 0. The Hall–Kier alpha value is -0.290. The van der Waals surface area contributed by atoms with E-state index in [0.717, 1.165) is 19.3 Å². The number of rotatable bonds is 6. The number of nitrogens with zero attached hydrogens (tertiary/aromatic N) is 1. The highest BCUT2D eigenvalue weighted by atomic mass is 19.4. The third kappa shape index (κ3) is 5.16. The van der Waals surface area contributed by atoms with E-state index in [2.05, 4.69) is 0 Å². The van der Waals surface area contributed by atoms with Crippen LogP contribution in [0.15, 0.2) is 0 Å². The lowest BCUT2D eigenvalue weighted by Gasteiger charge is -2.33. The van der Waals surface area contributed by atoms with Crippen LogP contribution in [0.25, 0.3) is 0 Å². The van der Waals surface area contributed by atoms with Gasteiger partial charge in [-0.25, -0.2) is 0 Å². The molecule has 0 heterocycles. The Kier molecular flexibility index (Phi) is 5.05. The van der Waals surface area contributed by atoms with E-state index in [-0.39, 0.29) is 6.54 Å². The second kappa shape index (κ2) is 5.87. The maximum Gasteiger partial charge on any atom is 0.401 e. The fourth-order valence-electron chi connectivity index (χ4n) is 1.92. The molecule has 0 aromatic carbocycles. The van der Waals surface area contributed by atoms with Crippen LogP contribution in [-0.4, -0.2) is 41.9 Å². The van der Waals surface area contributed by atoms with Gasteiger partial charge in [0.2, 0.25) is 0 Å². The van der Waals surface area contributed by atoms with Crippen molar-refractivity contribution in [2.24, 2.45) is 5.92 Å². The summed E-state index contributed by atoms with van der Waals surface area (Å²) in [6.45, 7) is 1.48. The van der Waals surface area contributed by atoms with Crippen molar-refractivity contribution in [2.75, 3.05) is 19.6 Å². The summed E-state index contributed by atoms with van der Waals surface area (Å²) < 4.78 is 36.9. The highest BCUT2D eigenvalue weighted by molar-refractivity contribution is 4.76. The van der Waals surface area contributed by atoms with E-state index >= 15 is 0 Å². The Morgan fingerprint density at radius 2 is 2.00 bits per heavy atom. The van der Waals surface area contributed by atoms with Gasteiger partial charge in [-0.1, -0.05) is 13.3 Å². The standard InChI is InChI=1S/C11H20F3NO/c1-2-10(16)7-15(8-11(12,13)14)6-9-4-3-5-9/h9-10,16H,2-8H2,1H3/t10-/m1/s1. The Morgan fingerprint density at radius 3 is 2.38 bits per heavy atom. The lowest BCUT2D eigenvalue weighted by atomic mass is 9.85. The van der Waals surface area contributed by atoms with E-state index < -0.39 is 18.8 Å². The molecule has 5 heteroatoms. The molecule has 0 amide bonds. The largest absolute Gasteiger partial charge is 0.401 e. The molecule has 1 N–H and O–H groups in total. The van der Waals surface area contributed by atoms with Gasteiger partial charge in [0.25, 0.3) is 0 Å². The molecule has 0 unspecified atom stereocenters. The molecule has 0 bridgehead atoms. The predicted octanol–water partition coefficient (Wildman–Crippen LogP) is 2.42. The van der Waals surface area contributed by atoms with E-state index in [1.807, 2.05) is 0 Å². The molecule has 1 aliphatic carbocycles. The quantitative estimate of drug-likeness (QED) is 0.769. The third-order valence-electron chi connectivity index (χ3n) is 3.08. The first-order valence-corrected chi connectivity index (χ1v) is 5.88. The van der Waals surface area contributed by atoms with E-state index in [4.69, 9.17) is 0 Å². The van der Waals surface area contributed by atoms with Gasteiger partial charge in [0.15, 0.2) is 0 Å². The summed E-state index contributed by atoms with van der Waals surface area (Å²) in [7, 11) is 0. The van der Waals surface area contributed by atoms with Gasteiger partial charge in [0.05, 0.1) is 12.6 Å². The fraction of sp³-hybridized carbons (Fsp3) is 1.00. The van der Waals surface area contributed by atoms with Crippen molar-refractivity contribution in [1.82, 2.24) is 4.90 Å². The summed E-state index contributed by atoms with van der Waals surface area (Å²) in [6.07, 6.45) is -1.15. The van der Waals surface area contributed by atoms with E-state index in [1.165, 1.54) is 4.90 Å². The molecule has 1 atom stereocenters.